The molecule has 1 amide bonds. The highest BCUT2D eigenvalue weighted by Gasteiger charge is 2.17. The minimum atomic E-state index is -0.481. The minimum Gasteiger partial charge on any atom is -0.455 e. The lowest BCUT2D eigenvalue weighted by Crippen LogP contribution is -2.35. The number of nitrogens with zero attached hydrogens (tertiary/aromatic N) is 4. The smallest absolute Gasteiger partial charge is 0.308 e. The summed E-state index contributed by atoms with van der Waals surface area (Å²) in [7, 11) is 0. The lowest BCUT2D eigenvalue weighted by Gasteiger charge is -2.19. The summed E-state index contributed by atoms with van der Waals surface area (Å²) >= 11 is 0. The number of benzene rings is 1. The molecule has 0 atom stereocenters. The van der Waals surface area contributed by atoms with Gasteiger partial charge in [-0.1, -0.05) is 18.2 Å². The lowest BCUT2D eigenvalue weighted by molar-refractivity contribution is -0.148. The number of anilines is 1. The maximum absolute atomic E-state index is 12.2. The van der Waals surface area contributed by atoms with E-state index in [0.29, 0.717) is 12.2 Å². The van der Waals surface area contributed by atoms with Gasteiger partial charge < -0.3 is 4.74 Å². The summed E-state index contributed by atoms with van der Waals surface area (Å²) in [6.07, 6.45) is 0.124. The van der Waals surface area contributed by atoms with E-state index in [-0.39, 0.29) is 13.0 Å². The van der Waals surface area contributed by atoms with Crippen LogP contribution in [0.3, 0.4) is 0 Å². The Hall–Kier alpha value is -3.14. The Kier molecular flexibility index (Phi) is 6.29. The second kappa shape index (κ2) is 8.64. The minimum absolute atomic E-state index is 0.105. The topological polar surface area (TPSA) is 88.2 Å². The first-order chi connectivity index (χ1) is 12.0. The molecule has 0 aliphatic heterocycles. The Bertz CT molecular complexity index is 777. The number of carbonyl (C=O) groups excluding carboxylic acids is 2. The molecule has 0 aliphatic carbocycles. The molecule has 0 spiro atoms. The summed E-state index contributed by atoms with van der Waals surface area (Å²) in [5, 5.41) is 13.2. The zero-order valence-electron chi connectivity index (χ0n) is 14.3. The van der Waals surface area contributed by atoms with Crippen molar-refractivity contribution in [1.29, 1.82) is 5.26 Å². The number of aromatic nitrogens is 2. The molecule has 7 nitrogen and oxygen atoms in total. The first kappa shape index (κ1) is 18.2. The van der Waals surface area contributed by atoms with E-state index in [9.17, 15) is 9.59 Å². The molecule has 0 radical (unpaired) electrons. The predicted octanol–water partition coefficient (Wildman–Crippen LogP) is 1.99. The van der Waals surface area contributed by atoms with Gasteiger partial charge in [0.25, 0.3) is 5.91 Å². The number of carbonyl (C=O) groups is 2. The van der Waals surface area contributed by atoms with Crippen molar-refractivity contribution in [2.24, 2.45) is 0 Å². The van der Waals surface area contributed by atoms with Gasteiger partial charge in [-0.25, -0.2) is 0 Å². The quantitative estimate of drug-likeness (QED) is 0.568. The molecule has 130 valence electrons. The zero-order valence-corrected chi connectivity index (χ0v) is 14.3. The fourth-order valence-electron chi connectivity index (χ4n) is 2.39. The third-order valence-electron chi connectivity index (χ3n) is 3.59. The largest absolute Gasteiger partial charge is 0.455 e. The van der Waals surface area contributed by atoms with Gasteiger partial charge in [-0.2, -0.15) is 10.4 Å². The van der Waals surface area contributed by atoms with Gasteiger partial charge in [0, 0.05) is 11.4 Å². The van der Waals surface area contributed by atoms with Crippen LogP contribution in [-0.2, 0) is 20.9 Å². The van der Waals surface area contributed by atoms with Crippen molar-refractivity contribution < 1.29 is 14.3 Å². The van der Waals surface area contributed by atoms with Crippen LogP contribution in [0.1, 0.15) is 17.8 Å². The Morgan fingerprint density at radius 3 is 2.60 bits per heavy atom. The van der Waals surface area contributed by atoms with Crippen molar-refractivity contribution in [3.63, 3.8) is 0 Å². The molecule has 0 fully saturated rings. The van der Waals surface area contributed by atoms with Crippen molar-refractivity contribution in [3.05, 3.63) is 47.8 Å². The monoisotopic (exact) mass is 340 g/mol. The van der Waals surface area contributed by atoms with E-state index in [1.54, 1.807) is 28.9 Å². The molecule has 0 saturated heterocycles. The van der Waals surface area contributed by atoms with E-state index in [2.05, 4.69) is 5.10 Å². The molecule has 1 aromatic carbocycles. The summed E-state index contributed by atoms with van der Waals surface area (Å²) < 4.78 is 6.77. The number of ether oxygens (including phenoxy) is 1. The third kappa shape index (κ3) is 5.18. The number of amides is 1. The van der Waals surface area contributed by atoms with Crippen LogP contribution >= 0.6 is 0 Å². The van der Waals surface area contributed by atoms with Crippen molar-refractivity contribution >= 4 is 17.6 Å². The third-order valence-corrected chi connectivity index (χ3v) is 3.59. The van der Waals surface area contributed by atoms with E-state index in [1.807, 2.05) is 32.0 Å². The van der Waals surface area contributed by atoms with Crippen LogP contribution < -0.4 is 4.90 Å². The van der Waals surface area contributed by atoms with Gasteiger partial charge in [-0.3, -0.25) is 19.2 Å². The Morgan fingerprint density at radius 2 is 2.00 bits per heavy atom. The van der Waals surface area contributed by atoms with Crippen LogP contribution in [0, 0.1) is 25.2 Å². The second-order valence-corrected chi connectivity index (χ2v) is 5.53. The van der Waals surface area contributed by atoms with Crippen LogP contribution in [0.15, 0.2) is 36.4 Å². The molecule has 1 aromatic heterocycles. The van der Waals surface area contributed by atoms with Crippen molar-refractivity contribution in [1.82, 2.24) is 9.78 Å². The summed E-state index contributed by atoms with van der Waals surface area (Å²) in [6, 6.07) is 12.7. The van der Waals surface area contributed by atoms with E-state index < -0.39 is 18.5 Å². The van der Waals surface area contributed by atoms with Gasteiger partial charge in [-0.15, -0.1) is 0 Å². The first-order valence-corrected chi connectivity index (χ1v) is 7.90. The molecule has 0 saturated carbocycles. The zero-order chi connectivity index (χ0) is 18.2. The Balaban J connectivity index is 1.86. The molecule has 25 heavy (non-hydrogen) atoms. The van der Waals surface area contributed by atoms with Gasteiger partial charge in [0.1, 0.15) is 6.54 Å². The van der Waals surface area contributed by atoms with Gasteiger partial charge in [0.15, 0.2) is 6.61 Å². The van der Waals surface area contributed by atoms with Crippen LogP contribution in [0.4, 0.5) is 5.69 Å². The van der Waals surface area contributed by atoms with Gasteiger partial charge in [-0.05, 0) is 32.0 Å². The van der Waals surface area contributed by atoms with Crippen LogP contribution in [0.25, 0.3) is 0 Å². The molecule has 7 heteroatoms. The number of esters is 1. The molecule has 2 rings (SSSR count). The molecule has 0 N–H and O–H groups in total. The Labute approximate surface area is 146 Å². The maximum Gasteiger partial charge on any atom is 0.308 e. The summed E-state index contributed by atoms with van der Waals surface area (Å²) in [5.41, 5.74) is 2.44. The van der Waals surface area contributed by atoms with Crippen molar-refractivity contribution in [3.8, 4) is 6.07 Å². The number of nitriles is 1. The maximum atomic E-state index is 12.2. The second-order valence-electron chi connectivity index (χ2n) is 5.53. The van der Waals surface area contributed by atoms with Crippen molar-refractivity contribution in [2.75, 3.05) is 18.1 Å². The summed E-state index contributed by atoms with van der Waals surface area (Å²) in [6.45, 7) is 3.69. The van der Waals surface area contributed by atoms with Crippen molar-refractivity contribution in [2.45, 2.75) is 26.8 Å². The number of para-hydroxylation sites is 1. The fraction of sp³-hybridized carbons (Fsp3) is 0.333. The average Bonchev–Trinajstić information content (AvgIpc) is 2.93. The van der Waals surface area contributed by atoms with Gasteiger partial charge in [0.2, 0.25) is 0 Å². The molecular weight excluding hydrogens is 320 g/mol. The standard InChI is InChI=1S/C18H20N4O3/c1-14-12-15(2)22(20-14)10-8-18(24)25-13-17(23)21(11-9-19)16-6-4-3-5-7-16/h3-7,12H,8,10-11,13H2,1-2H3. The van der Waals surface area contributed by atoms with Gasteiger partial charge >= 0.3 is 5.97 Å². The van der Waals surface area contributed by atoms with Crippen LogP contribution in [0.5, 0.6) is 0 Å². The highest BCUT2D eigenvalue weighted by atomic mass is 16.5. The van der Waals surface area contributed by atoms with Crippen LogP contribution in [0.2, 0.25) is 0 Å². The summed E-state index contributed by atoms with van der Waals surface area (Å²) in [5.74, 6) is -0.918. The molecule has 0 bridgehead atoms. The predicted molar refractivity (Wildman–Crippen MR) is 91.7 cm³/mol. The highest BCUT2D eigenvalue weighted by Crippen LogP contribution is 2.13. The summed E-state index contributed by atoms with van der Waals surface area (Å²) in [4.78, 5) is 25.4. The van der Waals surface area contributed by atoms with E-state index in [1.165, 1.54) is 4.90 Å². The highest BCUT2D eigenvalue weighted by molar-refractivity contribution is 5.95. The fourth-order valence-corrected chi connectivity index (χ4v) is 2.39. The number of rotatable bonds is 7. The van der Waals surface area contributed by atoms with E-state index in [4.69, 9.17) is 10.00 Å². The lowest BCUT2D eigenvalue weighted by atomic mass is 10.3. The number of hydrogen-bond donors (Lipinski definition) is 0. The van der Waals surface area contributed by atoms with E-state index in [0.717, 1.165) is 11.4 Å². The molecule has 1 heterocycles. The average molecular weight is 340 g/mol. The van der Waals surface area contributed by atoms with E-state index >= 15 is 0 Å². The number of hydrogen-bond acceptors (Lipinski definition) is 5. The Morgan fingerprint density at radius 1 is 1.28 bits per heavy atom. The molecular formula is C18H20N4O3. The molecule has 2 aromatic rings. The molecule has 0 unspecified atom stereocenters. The SMILES string of the molecule is Cc1cc(C)n(CCC(=O)OCC(=O)N(CC#N)c2ccccc2)n1. The van der Waals surface area contributed by atoms with Crippen LogP contribution in [-0.4, -0.2) is 34.8 Å². The van der Waals surface area contributed by atoms with Gasteiger partial charge in [0.05, 0.1) is 24.7 Å². The normalized spacial score (nSPS) is 10.1. The first-order valence-electron chi connectivity index (χ1n) is 7.90. The number of aryl methyl sites for hydroxylation is 3. The molecule has 0 aliphatic rings.